The standard InChI is InChI=1S/C13H24N2O4/c1-10(2)7-14(8-11(16)17)12(18)15-5-6-19-9-13(15,3)4/h10H,5-9H2,1-4H3,(H,16,17). The molecule has 1 N–H and O–H groups in total. The van der Waals surface area contributed by atoms with Gasteiger partial charge < -0.3 is 19.6 Å². The van der Waals surface area contributed by atoms with Gasteiger partial charge in [-0.2, -0.15) is 0 Å². The Bertz CT molecular complexity index is 342. The van der Waals surface area contributed by atoms with Crippen molar-refractivity contribution >= 4 is 12.0 Å². The number of carbonyl (C=O) groups excluding carboxylic acids is 1. The second kappa shape index (κ2) is 6.23. The van der Waals surface area contributed by atoms with Crippen LogP contribution in [0, 0.1) is 5.92 Å². The first-order valence-electron chi connectivity index (χ1n) is 6.60. The van der Waals surface area contributed by atoms with E-state index in [2.05, 4.69) is 0 Å². The van der Waals surface area contributed by atoms with Gasteiger partial charge >= 0.3 is 12.0 Å². The Kier molecular flexibility index (Phi) is 5.17. The van der Waals surface area contributed by atoms with Crippen molar-refractivity contribution in [2.24, 2.45) is 5.92 Å². The first kappa shape index (κ1) is 15.8. The van der Waals surface area contributed by atoms with Gasteiger partial charge in [0.05, 0.1) is 18.8 Å². The summed E-state index contributed by atoms with van der Waals surface area (Å²) in [6, 6.07) is -0.218. The minimum atomic E-state index is -0.986. The third-order valence-corrected chi connectivity index (χ3v) is 3.06. The van der Waals surface area contributed by atoms with Crippen LogP contribution in [-0.2, 0) is 9.53 Å². The van der Waals surface area contributed by atoms with Gasteiger partial charge in [-0.3, -0.25) is 4.79 Å². The van der Waals surface area contributed by atoms with Crippen molar-refractivity contribution in [3.63, 3.8) is 0 Å². The molecule has 1 heterocycles. The second-order valence-corrected chi connectivity index (χ2v) is 5.97. The third kappa shape index (κ3) is 4.38. The maximum Gasteiger partial charge on any atom is 0.323 e. The summed E-state index contributed by atoms with van der Waals surface area (Å²) in [5, 5.41) is 8.94. The number of carboxylic acids is 1. The fourth-order valence-corrected chi connectivity index (χ4v) is 2.20. The Labute approximate surface area is 114 Å². The van der Waals surface area contributed by atoms with Crippen molar-refractivity contribution in [1.29, 1.82) is 0 Å². The van der Waals surface area contributed by atoms with Crippen LogP contribution in [0.5, 0.6) is 0 Å². The first-order chi connectivity index (χ1) is 8.74. The Balaban J connectivity index is 2.82. The van der Waals surface area contributed by atoms with Crippen LogP contribution >= 0.6 is 0 Å². The van der Waals surface area contributed by atoms with E-state index in [1.807, 2.05) is 27.7 Å². The van der Waals surface area contributed by atoms with Gasteiger partial charge in [0.1, 0.15) is 6.54 Å². The highest BCUT2D eigenvalue weighted by molar-refractivity contribution is 5.80. The number of ether oxygens (including phenoxy) is 1. The first-order valence-corrected chi connectivity index (χ1v) is 6.60. The zero-order valence-electron chi connectivity index (χ0n) is 12.2. The highest BCUT2D eigenvalue weighted by atomic mass is 16.5. The van der Waals surface area contributed by atoms with Gasteiger partial charge in [0.25, 0.3) is 0 Å². The summed E-state index contributed by atoms with van der Waals surface area (Å²) >= 11 is 0. The quantitative estimate of drug-likeness (QED) is 0.836. The van der Waals surface area contributed by atoms with Crippen LogP contribution in [0.2, 0.25) is 0 Å². The molecule has 0 aromatic heterocycles. The molecule has 19 heavy (non-hydrogen) atoms. The lowest BCUT2D eigenvalue weighted by Gasteiger charge is -2.44. The molecule has 0 aliphatic carbocycles. The summed E-state index contributed by atoms with van der Waals surface area (Å²) in [7, 11) is 0. The predicted molar refractivity (Wildman–Crippen MR) is 71.0 cm³/mol. The van der Waals surface area contributed by atoms with E-state index in [1.54, 1.807) is 4.90 Å². The molecular formula is C13H24N2O4. The molecular weight excluding hydrogens is 248 g/mol. The van der Waals surface area contributed by atoms with Gasteiger partial charge in [0, 0.05) is 13.1 Å². The topological polar surface area (TPSA) is 70.1 Å². The fourth-order valence-electron chi connectivity index (χ4n) is 2.20. The van der Waals surface area contributed by atoms with E-state index in [4.69, 9.17) is 9.84 Å². The SMILES string of the molecule is CC(C)CN(CC(=O)O)C(=O)N1CCOCC1(C)C. The monoisotopic (exact) mass is 272 g/mol. The normalized spacial score (nSPS) is 18.5. The summed E-state index contributed by atoms with van der Waals surface area (Å²) in [6.07, 6.45) is 0. The van der Waals surface area contributed by atoms with Crippen LogP contribution in [0.4, 0.5) is 4.79 Å². The van der Waals surface area contributed by atoms with Crippen LogP contribution in [0.3, 0.4) is 0 Å². The van der Waals surface area contributed by atoms with Crippen molar-refractivity contribution in [1.82, 2.24) is 9.80 Å². The number of rotatable bonds is 4. The number of nitrogens with zero attached hydrogens (tertiary/aromatic N) is 2. The van der Waals surface area contributed by atoms with E-state index in [9.17, 15) is 9.59 Å². The van der Waals surface area contributed by atoms with Crippen LogP contribution in [0.15, 0.2) is 0 Å². The van der Waals surface area contributed by atoms with Gasteiger partial charge in [0.2, 0.25) is 0 Å². The molecule has 1 rings (SSSR count). The molecule has 1 aliphatic rings. The van der Waals surface area contributed by atoms with Crippen molar-refractivity contribution in [3.05, 3.63) is 0 Å². The number of carboxylic acid groups (broad SMARTS) is 1. The molecule has 6 heteroatoms. The van der Waals surface area contributed by atoms with Crippen molar-refractivity contribution in [2.75, 3.05) is 32.8 Å². The summed E-state index contributed by atoms with van der Waals surface area (Å²) in [5.41, 5.74) is -0.400. The van der Waals surface area contributed by atoms with Gasteiger partial charge in [-0.25, -0.2) is 4.79 Å². The van der Waals surface area contributed by atoms with Crippen molar-refractivity contribution in [2.45, 2.75) is 33.2 Å². The molecule has 0 radical (unpaired) electrons. The number of morpholine rings is 1. The van der Waals surface area contributed by atoms with E-state index in [-0.39, 0.29) is 18.5 Å². The molecule has 6 nitrogen and oxygen atoms in total. The molecule has 0 bridgehead atoms. The number of hydrogen-bond acceptors (Lipinski definition) is 3. The largest absolute Gasteiger partial charge is 0.480 e. The zero-order chi connectivity index (χ0) is 14.6. The maximum atomic E-state index is 12.5. The predicted octanol–water partition coefficient (Wildman–Crippen LogP) is 1.26. The average Bonchev–Trinajstić information content (AvgIpc) is 2.25. The summed E-state index contributed by atoms with van der Waals surface area (Å²) in [4.78, 5) is 26.5. The Morgan fingerprint density at radius 1 is 1.42 bits per heavy atom. The maximum absolute atomic E-state index is 12.5. The van der Waals surface area contributed by atoms with E-state index in [0.29, 0.717) is 26.3 Å². The van der Waals surface area contributed by atoms with Crippen molar-refractivity contribution < 1.29 is 19.4 Å². The zero-order valence-corrected chi connectivity index (χ0v) is 12.2. The number of amides is 2. The summed E-state index contributed by atoms with van der Waals surface area (Å²) in [5.74, 6) is -0.757. The molecule has 1 fully saturated rings. The highest BCUT2D eigenvalue weighted by Crippen LogP contribution is 2.21. The Morgan fingerprint density at radius 2 is 2.05 bits per heavy atom. The molecule has 0 saturated carbocycles. The molecule has 0 atom stereocenters. The Morgan fingerprint density at radius 3 is 2.53 bits per heavy atom. The van der Waals surface area contributed by atoms with Gasteiger partial charge in [-0.05, 0) is 19.8 Å². The molecule has 1 saturated heterocycles. The number of aliphatic carboxylic acids is 1. The third-order valence-electron chi connectivity index (χ3n) is 3.06. The average molecular weight is 272 g/mol. The second-order valence-electron chi connectivity index (χ2n) is 5.97. The molecule has 1 aliphatic heterocycles. The lowest BCUT2D eigenvalue weighted by Crippen LogP contribution is -2.60. The van der Waals surface area contributed by atoms with E-state index >= 15 is 0 Å². The van der Waals surface area contributed by atoms with Crippen molar-refractivity contribution in [3.8, 4) is 0 Å². The molecule has 0 aromatic carbocycles. The van der Waals surface area contributed by atoms with E-state index < -0.39 is 11.5 Å². The molecule has 0 unspecified atom stereocenters. The summed E-state index contributed by atoms with van der Waals surface area (Å²) < 4.78 is 5.38. The lowest BCUT2D eigenvalue weighted by atomic mass is 10.0. The van der Waals surface area contributed by atoms with Gasteiger partial charge in [0.15, 0.2) is 0 Å². The Hall–Kier alpha value is -1.30. The fraction of sp³-hybridized carbons (Fsp3) is 0.846. The molecule has 110 valence electrons. The van der Waals surface area contributed by atoms with Gasteiger partial charge in [-0.15, -0.1) is 0 Å². The van der Waals surface area contributed by atoms with Gasteiger partial charge in [-0.1, -0.05) is 13.8 Å². The molecule has 2 amide bonds. The lowest BCUT2D eigenvalue weighted by molar-refractivity contribution is -0.138. The number of urea groups is 1. The minimum absolute atomic E-state index is 0.218. The molecule has 0 spiro atoms. The van der Waals surface area contributed by atoms with Crippen LogP contribution in [0.25, 0.3) is 0 Å². The van der Waals surface area contributed by atoms with Crippen LogP contribution in [-0.4, -0.2) is 65.3 Å². The minimum Gasteiger partial charge on any atom is -0.480 e. The number of carbonyl (C=O) groups is 2. The van der Waals surface area contributed by atoms with E-state index in [1.165, 1.54) is 4.90 Å². The van der Waals surface area contributed by atoms with Crippen LogP contribution < -0.4 is 0 Å². The van der Waals surface area contributed by atoms with E-state index in [0.717, 1.165) is 0 Å². The van der Waals surface area contributed by atoms with Crippen LogP contribution in [0.1, 0.15) is 27.7 Å². The number of hydrogen-bond donors (Lipinski definition) is 1. The summed E-state index contributed by atoms with van der Waals surface area (Å²) in [6.45, 7) is 9.44. The smallest absolute Gasteiger partial charge is 0.323 e. The highest BCUT2D eigenvalue weighted by Gasteiger charge is 2.36. The molecule has 0 aromatic rings.